The Labute approximate surface area is 220 Å². The molecule has 0 bridgehead atoms. The summed E-state index contributed by atoms with van der Waals surface area (Å²) < 4.78 is 9.63. The first kappa shape index (κ1) is 33.7. The van der Waals surface area contributed by atoms with Crippen molar-refractivity contribution in [1.82, 2.24) is 10.2 Å². The minimum absolute atomic E-state index is 0.114. The molecule has 11 nitrogen and oxygen atoms in total. The molecule has 0 aliphatic carbocycles. The van der Waals surface area contributed by atoms with Gasteiger partial charge in [0.25, 0.3) is 0 Å². The zero-order valence-electron chi connectivity index (χ0n) is 22.9. The number of nitrogens with one attached hydrogen (secondary N) is 1. The van der Waals surface area contributed by atoms with Gasteiger partial charge in [0, 0.05) is 0 Å². The molecule has 0 aromatic heterocycles. The summed E-state index contributed by atoms with van der Waals surface area (Å²) in [6.07, 6.45) is 2.04. The van der Waals surface area contributed by atoms with E-state index in [2.05, 4.69) is 33.6 Å². The van der Waals surface area contributed by atoms with E-state index in [1.54, 1.807) is 0 Å². The van der Waals surface area contributed by atoms with Gasteiger partial charge in [-0.1, -0.05) is 54.4 Å². The van der Waals surface area contributed by atoms with Crippen LogP contribution in [0, 0.1) is 36.8 Å². The lowest BCUT2D eigenvalue weighted by Crippen LogP contribution is -2.45. The number of amides is 3. The summed E-state index contributed by atoms with van der Waals surface area (Å²) in [4.78, 5) is 52.3. The third-order valence-corrected chi connectivity index (χ3v) is 6.01. The Balaban J connectivity index is 0.000000577. The molecule has 37 heavy (non-hydrogen) atoms. The first-order valence-electron chi connectivity index (χ1n) is 12.8. The van der Waals surface area contributed by atoms with Crippen LogP contribution < -0.4 is 5.32 Å². The molecule has 2 aliphatic rings. The van der Waals surface area contributed by atoms with Gasteiger partial charge in [0.05, 0.1) is 12.1 Å². The number of rotatable bonds is 10. The number of carbonyl (C=O) groups is 4. The lowest BCUT2D eigenvalue weighted by Gasteiger charge is -2.24. The lowest BCUT2D eigenvalue weighted by molar-refractivity contribution is -0.141. The minimum atomic E-state index is -0.849. The number of carboxylic acids is 1. The Morgan fingerprint density at radius 2 is 1.51 bits per heavy atom. The van der Waals surface area contributed by atoms with E-state index in [-0.39, 0.29) is 55.6 Å². The van der Waals surface area contributed by atoms with Crippen LogP contribution in [0.25, 0.3) is 9.69 Å². The average molecular weight is 523 g/mol. The van der Waals surface area contributed by atoms with Gasteiger partial charge in [0.2, 0.25) is 19.0 Å². The van der Waals surface area contributed by atoms with Crippen molar-refractivity contribution in [2.45, 2.75) is 79.3 Å². The SMILES string of the molecule is CC(C)[C@H]1COC(=O)N1.[C-]#[N+]C[C@@H](CCC)C(=O)N1C(=O)OC[C@@H]1C(C)C.[C-]#[N+]C[C@@H](CCC)C(=O)O. The van der Waals surface area contributed by atoms with Gasteiger partial charge >= 0.3 is 18.2 Å². The Bertz CT molecular complexity index is 832. The van der Waals surface area contributed by atoms with E-state index in [0.29, 0.717) is 25.4 Å². The van der Waals surface area contributed by atoms with Crippen molar-refractivity contribution in [3.8, 4) is 0 Å². The summed E-state index contributed by atoms with van der Waals surface area (Å²) in [6.45, 7) is 26.3. The van der Waals surface area contributed by atoms with Crippen molar-refractivity contribution in [3.05, 3.63) is 22.8 Å². The third kappa shape index (κ3) is 12.0. The molecule has 0 saturated carbocycles. The number of aliphatic carboxylic acids is 1. The third-order valence-electron chi connectivity index (χ3n) is 6.01. The Hall–Kier alpha value is -3.34. The summed E-state index contributed by atoms with van der Waals surface area (Å²) in [5.74, 6) is -1.32. The number of ether oxygens (including phenoxy) is 2. The summed E-state index contributed by atoms with van der Waals surface area (Å²) in [5, 5.41) is 11.2. The summed E-state index contributed by atoms with van der Waals surface area (Å²) in [7, 11) is 0. The molecular formula is C26H42N4O7. The molecule has 2 fully saturated rings. The molecule has 0 unspecified atom stereocenters. The quantitative estimate of drug-likeness (QED) is 0.404. The van der Waals surface area contributed by atoms with Gasteiger partial charge in [-0.05, 0) is 24.7 Å². The summed E-state index contributed by atoms with van der Waals surface area (Å²) in [6, 6.07) is 0.0209. The molecule has 2 N–H and O–H groups in total. The molecule has 4 atom stereocenters. The molecule has 3 amide bonds. The number of carboxylic acid groups (broad SMARTS) is 1. The molecule has 2 rings (SSSR count). The van der Waals surface area contributed by atoms with Crippen molar-refractivity contribution in [2.75, 3.05) is 26.3 Å². The van der Waals surface area contributed by atoms with Crippen LogP contribution in [0.1, 0.15) is 67.2 Å². The van der Waals surface area contributed by atoms with Crippen molar-refractivity contribution in [1.29, 1.82) is 0 Å². The van der Waals surface area contributed by atoms with Gasteiger partial charge in [-0.2, -0.15) is 0 Å². The number of hydrogen-bond donors (Lipinski definition) is 2. The number of nitrogens with zero attached hydrogens (tertiary/aromatic N) is 3. The predicted octanol–water partition coefficient (Wildman–Crippen LogP) is 4.48. The van der Waals surface area contributed by atoms with E-state index >= 15 is 0 Å². The van der Waals surface area contributed by atoms with Crippen molar-refractivity contribution in [2.24, 2.45) is 23.7 Å². The topological polar surface area (TPSA) is 131 Å². The maximum Gasteiger partial charge on any atom is 0.416 e. The number of carbonyl (C=O) groups excluding carboxylic acids is 3. The first-order valence-corrected chi connectivity index (χ1v) is 12.8. The highest BCUT2D eigenvalue weighted by Crippen LogP contribution is 2.23. The van der Waals surface area contributed by atoms with Gasteiger partial charge in [-0.3, -0.25) is 9.59 Å². The van der Waals surface area contributed by atoms with Gasteiger partial charge in [-0.25, -0.2) is 27.6 Å². The molecule has 0 spiro atoms. The fraction of sp³-hybridized carbons (Fsp3) is 0.769. The molecule has 2 heterocycles. The Morgan fingerprint density at radius 1 is 0.973 bits per heavy atom. The highest BCUT2D eigenvalue weighted by Gasteiger charge is 2.42. The average Bonchev–Trinajstić information content (AvgIpc) is 3.45. The molecule has 2 saturated heterocycles. The smallest absolute Gasteiger partial charge is 0.416 e. The second-order valence-corrected chi connectivity index (χ2v) is 9.68. The van der Waals surface area contributed by atoms with Crippen molar-refractivity contribution >= 4 is 24.1 Å². The number of alkyl carbamates (subject to hydrolysis) is 1. The van der Waals surface area contributed by atoms with Crippen LogP contribution in [0.3, 0.4) is 0 Å². The molecule has 208 valence electrons. The van der Waals surface area contributed by atoms with E-state index in [0.717, 1.165) is 12.8 Å². The molecule has 11 heteroatoms. The monoisotopic (exact) mass is 522 g/mol. The molecule has 0 aromatic rings. The zero-order chi connectivity index (χ0) is 28.5. The van der Waals surface area contributed by atoms with Gasteiger partial charge in [0.15, 0.2) is 0 Å². The number of hydrogen-bond acceptors (Lipinski definition) is 6. The van der Waals surface area contributed by atoms with Crippen molar-refractivity contribution in [3.63, 3.8) is 0 Å². The van der Waals surface area contributed by atoms with Crippen LogP contribution in [0.15, 0.2) is 0 Å². The molecule has 2 aliphatic heterocycles. The van der Waals surface area contributed by atoms with Gasteiger partial charge in [0.1, 0.15) is 25.0 Å². The highest BCUT2D eigenvalue weighted by atomic mass is 16.6. The zero-order valence-corrected chi connectivity index (χ0v) is 22.9. The minimum Gasteiger partial charge on any atom is -0.481 e. The van der Waals surface area contributed by atoms with Crippen molar-refractivity contribution < 1.29 is 33.8 Å². The lowest BCUT2D eigenvalue weighted by atomic mass is 9.99. The van der Waals surface area contributed by atoms with E-state index in [9.17, 15) is 19.2 Å². The largest absolute Gasteiger partial charge is 0.481 e. The highest BCUT2D eigenvalue weighted by molar-refractivity contribution is 5.95. The predicted molar refractivity (Wildman–Crippen MR) is 137 cm³/mol. The van der Waals surface area contributed by atoms with Crippen LogP contribution in [0.2, 0.25) is 0 Å². The van der Waals surface area contributed by atoms with Crippen LogP contribution in [0.4, 0.5) is 9.59 Å². The standard InChI is InChI=1S/C13H20N2O3.C7H11NO2.C6H11NO2/c1-5-6-10(7-14-4)12(16)15-11(9(2)3)8-18-13(15)17;1-3-4-6(5-8-2)7(9)10;1-4(2)5-3-9-6(8)7-5/h9-11H,5-8H2,1-3H3;6H,3-5H2,1H3,(H,9,10);4-5H,3H2,1-2H3,(H,7,8)/t10-,11-;6-;5-/m111/s1. The second kappa shape index (κ2) is 18.0. The summed E-state index contributed by atoms with van der Waals surface area (Å²) >= 11 is 0. The van der Waals surface area contributed by atoms with Crippen LogP contribution in [0.5, 0.6) is 0 Å². The van der Waals surface area contributed by atoms with Crippen LogP contribution in [-0.2, 0) is 19.1 Å². The van der Waals surface area contributed by atoms with Crippen LogP contribution in [-0.4, -0.2) is 72.5 Å². The fourth-order valence-corrected chi connectivity index (χ4v) is 3.64. The fourth-order valence-electron chi connectivity index (χ4n) is 3.64. The maximum atomic E-state index is 12.3. The number of cyclic esters (lactones) is 2. The molecular weight excluding hydrogens is 480 g/mol. The second-order valence-electron chi connectivity index (χ2n) is 9.68. The molecule has 0 aromatic carbocycles. The van der Waals surface area contributed by atoms with E-state index in [1.807, 2.05) is 27.7 Å². The normalized spacial score (nSPS) is 19.7. The maximum absolute atomic E-state index is 12.3. The van der Waals surface area contributed by atoms with Crippen LogP contribution >= 0.6 is 0 Å². The molecule has 0 radical (unpaired) electrons. The van der Waals surface area contributed by atoms with E-state index in [4.69, 9.17) is 23.0 Å². The van der Waals surface area contributed by atoms with Gasteiger partial charge < -0.3 is 29.6 Å². The van der Waals surface area contributed by atoms with E-state index < -0.39 is 18.0 Å². The first-order chi connectivity index (χ1) is 17.4. The Morgan fingerprint density at radius 3 is 1.89 bits per heavy atom. The Kier molecular flexibility index (Phi) is 16.4. The summed E-state index contributed by atoms with van der Waals surface area (Å²) in [5.41, 5.74) is 0. The van der Waals surface area contributed by atoms with E-state index in [1.165, 1.54) is 4.90 Å². The van der Waals surface area contributed by atoms with Gasteiger partial charge in [-0.15, -0.1) is 0 Å². The number of imide groups is 1.